The lowest BCUT2D eigenvalue weighted by atomic mass is 9.91. The highest BCUT2D eigenvalue weighted by Crippen LogP contribution is 2.37. The van der Waals surface area contributed by atoms with Gasteiger partial charge in [-0.25, -0.2) is 9.28 Å². The molecule has 1 saturated heterocycles. The number of nitrogens with one attached hydrogen (secondary N) is 1. The predicted octanol–water partition coefficient (Wildman–Crippen LogP) is 2.82. The highest BCUT2D eigenvalue weighted by molar-refractivity contribution is 6.30. The zero-order valence-electron chi connectivity index (χ0n) is 21.5. The summed E-state index contributed by atoms with van der Waals surface area (Å²) in [6.45, 7) is 5.28. The van der Waals surface area contributed by atoms with Crippen LogP contribution in [0.1, 0.15) is 49.8 Å². The number of nitrogens with two attached hydrogens (primary N) is 1. The molecule has 3 rings (SSSR count). The third kappa shape index (κ3) is 6.76. The Hall–Kier alpha value is -2.78. The monoisotopic (exact) mass is 530 g/mol. The van der Waals surface area contributed by atoms with E-state index >= 15 is 0 Å². The number of carbonyl (C=O) groups excluding carboxylic acids is 3. The number of amides is 2. The minimum absolute atomic E-state index is 0.189. The Morgan fingerprint density at radius 1 is 1.16 bits per heavy atom. The molecule has 37 heavy (non-hydrogen) atoms. The maximum absolute atomic E-state index is 14.1. The Morgan fingerprint density at radius 2 is 1.89 bits per heavy atom. The predicted molar refractivity (Wildman–Crippen MR) is 141 cm³/mol. The Bertz CT molecular complexity index is 1110. The summed E-state index contributed by atoms with van der Waals surface area (Å²) in [4.78, 5) is 38.3. The number of halogens is 1. The van der Waals surface area contributed by atoms with Crippen LogP contribution < -0.4 is 11.1 Å². The summed E-state index contributed by atoms with van der Waals surface area (Å²) < 4.78 is 4.69. The van der Waals surface area contributed by atoms with Crippen LogP contribution in [0.3, 0.4) is 0 Å². The van der Waals surface area contributed by atoms with Crippen molar-refractivity contribution in [3.05, 3.63) is 70.2 Å². The normalized spacial score (nSPS) is 20.8. The SMILES string of the molecule is CCOC(=O)CCNCCc1ccc(Cl)cc1C[N+]1(C(=O)[C@](C)(O)c2ccccc2)CCC[C@H]1C(N)=O. The van der Waals surface area contributed by atoms with Crippen LogP contribution in [-0.2, 0) is 37.7 Å². The molecule has 0 aromatic heterocycles. The van der Waals surface area contributed by atoms with Gasteiger partial charge in [0, 0.05) is 30.0 Å². The van der Waals surface area contributed by atoms with Gasteiger partial charge in [-0.15, -0.1) is 0 Å². The zero-order chi connectivity index (χ0) is 27.1. The average molecular weight is 531 g/mol. The molecule has 1 fully saturated rings. The third-order valence-corrected chi connectivity index (χ3v) is 7.35. The second-order valence-electron chi connectivity index (χ2n) is 9.69. The molecular formula is C28H37ClN3O5+. The smallest absolute Gasteiger partial charge is 0.350 e. The van der Waals surface area contributed by atoms with E-state index in [9.17, 15) is 19.5 Å². The zero-order valence-corrected chi connectivity index (χ0v) is 22.3. The maximum atomic E-state index is 14.1. The molecule has 4 N–H and O–H groups in total. The molecule has 0 bridgehead atoms. The van der Waals surface area contributed by atoms with E-state index in [1.54, 1.807) is 37.3 Å². The summed E-state index contributed by atoms with van der Waals surface area (Å²) in [5.74, 6) is -1.26. The second kappa shape index (κ2) is 12.6. The molecule has 9 heteroatoms. The van der Waals surface area contributed by atoms with E-state index in [0.717, 1.165) is 11.1 Å². The van der Waals surface area contributed by atoms with Crippen LogP contribution in [0.4, 0.5) is 0 Å². The lowest BCUT2D eigenvalue weighted by Gasteiger charge is -2.40. The highest BCUT2D eigenvalue weighted by atomic mass is 35.5. The molecule has 1 heterocycles. The van der Waals surface area contributed by atoms with Gasteiger partial charge in [0.2, 0.25) is 5.60 Å². The van der Waals surface area contributed by atoms with Crippen molar-refractivity contribution in [3.8, 4) is 0 Å². The van der Waals surface area contributed by atoms with Crippen LogP contribution in [0.15, 0.2) is 48.5 Å². The first-order chi connectivity index (χ1) is 17.6. The molecule has 2 amide bonds. The number of hydrogen-bond donors (Lipinski definition) is 3. The lowest BCUT2D eigenvalue weighted by molar-refractivity contribution is -0.874. The van der Waals surface area contributed by atoms with Crippen molar-refractivity contribution in [2.75, 3.05) is 26.2 Å². The highest BCUT2D eigenvalue weighted by Gasteiger charge is 2.57. The quantitative estimate of drug-likeness (QED) is 0.220. The number of benzene rings is 2. The molecule has 2 aromatic rings. The summed E-state index contributed by atoms with van der Waals surface area (Å²) >= 11 is 6.36. The molecule has 0 radical (unpaired) electrons. The van der Waals surface area contributed by atoms with Crippen molar-refractivity contribution in [3.63, 3.8) is 0 Å². The minimum atomic E-state index is -1.81. The molecule has 0 saturated carbocycles. The molecule has 0 spiro atoms. The number of quaternary nitrogens is 1. The van der Waals surface area contributed by atoms with Crippen molar-refractivity contribution in [2.24, 2.45) is 5.73 Å². The number of nitrogens with zero attached hydrogens (tertiary/aromatic N) is 1. The van der Waals surface area contributed by atoms with Crippen LogP contribution >= 0.6 is 11.6 Å². The number of esters is 1. The third-order valence-electron chi connectivity index (χ3n) is 7.12. The Kier molecular flexibility index (Phi) is 9.84. The van der Waals surface area contributed by atoms with Gasteiger partial charge in [0.1, 0.15) is 6.54 Å². The van der Waals surface area contributed by atoms with E-state index in [-0.39, 0.29) is 23.4 Å². The number of carbonyl (C=O) groups is 3. The van der Waals surface area contributed by atoms with Crippen LogP contribution in [0.2, 0.25) is 5.02 Å². The molecule has 1 aliphatic heterocycles. The van der Waals surface area contributed by atoms with Gasteiger partial charge in [0.15, 0.2) is 6.04 Å². The number of ether oxygens (including phenoxy) is 1. The lowest BCUT2D eigenvalue weighted by Crippen LogP contribution is -2.64. The number of primary amides is 1. The molecule has 3 atom stereocenters. The van der Waals surface area contributed by atoms with Crippen molar-refractivity contribution in [2.45, 2.75) is 57.7 Å². The van der Waals surface area contributed by atoms with E-state index in [1.807, 2.05) is 18.2 Å². The van der Waals surface area contributed by atoms with Crippen molar-refractivity contribution in [1.29, 1.82) is 0 Å². The van der Waals surface area contributed by atoms with Gasteiger partial charge in [-0.2, -0.15) is 0 Å². The summed E-state index contributed by atoms with van der Waals surface area (Å²) in [7, 11) is 0. The van der Waals surface area contributed by atoms with Gasteiger partial charge in [0.25, 0.3) is 5.91 Å². The fourth-order valence-electron chi connectivity index (χ4n) is 5.24. The topological polar surface area (TPSA) is 119 Å². The fraction of sp³-hybridized carbons (Fsp3) is 0.464. The first-order valence-electron chi connectivity index (χ1n) is 12.7. The first-order valence-corrected chi connectivity index (χ1v) is 13.1. The number of likely N-dealkylation sites (tertiary alicyclic amines) is 1. The molecule has 2 aromatic carbocycles. The van der Waals surface area contributed by atoms with Crippen LogP contribution in [0.5, 0.6) is 0 Å². The van der Waals surface area contributed by atoms with Crippen molar-refractivity contribution < 1.29 is 28.7 Å². The maximum Gasteiger partial charge on any atom is 0.350 e. The molecule has 1 aliphatic rings. The second-order valence-corrected chi connectivity index (χ2v) is 10.1. The Balaban J connectivity index is 1.88. The largest absolute Gasteiger partial charge is 0.466 e. The summed E-state index contributed by atoms with van der Waals surface area (Å²) in [5, 5.41) is 15.2. The molecule has 0 aliphatic carbocycles. The molecular weight excluding hydrogens is 494 g/mol. The summed E-state index contributed by atoms with van der Waals surface area (Å²) in [5.41, 5.74) is 6.25. The van der Waals surface area contributed by atoms with Crippen LogP contribution in [-0.4, -0.2) is 59.7 Å². The summed E-state index contributed by atoms with van der Waals surface area (Å²) in [6, 6.07) is 13.5. The molecule has 1 unspecified atom stereocenters. The average Bonchev–Trinajstić information content (AvgIpc) is 3.30. The van der Waals surface area contributed by atoms with Gasteiger partial charge < -0.3 is 20.9 Å². The summed E-state index contributed by atoms with van der Waals surface area (Å²) in [6.07, 6.45) is 2.01. The number of rotatable bonds is 12. The van der Waals surface area contributed by atoms with Crippen molar-refractivity contribution in [1.82, 2.24) is 5.32 Å². The Morgan fingerprint density at radius 3 is 2.57 bits per heavy atom. The van der Waals surface area contributed by atoms with E-state index in [0.29, 0.717) is 56.1 Å². The van der Waals surface area contributed by atoms with Gasteiger partial charge in [-0.1, -0.05) is 48.0 Å². The van der Waals surface area contributed by atoms with Crippen LogP contribution in [0.25, 0.3) is 0 Å². The van der Waals surface area contributed by atoms with Gasteiger partial charge in [0.05, 0.1) is 19.6 Å². The molecule has 8 nitrogen and oxygen atoms in total. The molecule has 200 valence electrons. The number of hydrogen-bond acceptors (Lipinski definition) is 6. The van der Waals surface area contributed by atoms with E-state index < -0.39 is 23.5 Å². The standard InChI is InChI=1S/C28H36ClN3O5/c1-3-37-25(33)14-16-31-15-13-20-11-12-23(29)18-21(20)19-32(17-7-10-24(32)26(30)34)27(35)28(2,36)22-8-5-4-6-9-22/h4-6,8-9,11-12,18,24,31,36H,3,7,10,13-17,19H2,1-2H3,(H-,30,34)/p+1/t24-,28+,32?/m0/s1. The Labute approximate surface area is 223 Å². The van der Waals surface area contributed by atoms with Gasteiger partial charge in [-0.3, -0.25) is 9.59 Å². The van der Waals surface area contributed by atoms with Crippen molar-refractivity contribution >= 4 is 29.4 Å². The van der Waals surface area contributed by atoms with Gasteiger partial charge >= 0.3 is 11.9 Å². The fourth-order valence-corrected chi connectivity index (χ4v) is 5.44. The minimum Gasteiger partial charge on any atom is -0.466 e. The number of aliphatic hydroxyl groups is 1. The van der Waals surface area contributed by atoms with E-state index in [4.69, 9.17) is 22.1 Å². The van der Waals surface area contributed by atoms with E-state index in [1.165, 1.54) is 6.92 Å². The van der Waals surface area contributed by atoms with Gasteiger partial charge in [-0.05, 0) is 50.1 Å². The first kappa shape index (κ1) is 28.8. The van der Waals surface area contributed by atoms with E-state index in [2.05, 4.69) is 5.32 Å². The van der Waals surface area contributed by atoms with Crippen LogP contribution in [0, 0.1) is 0 Å².